The number of benzene rings is 1. The number of anilines is 2. The first-order chi connectivity index (χ1) is 14.3. The minimum Gasteiger partial charge on any atom is -0.347 e. The highest BCUT2D eigenvalue weighted by Gasteiger charge is 2.28. The molecule has 0 radical (unpaired) electrons. The van der Waals surface area contributed by atoms with E-state index in [1.54, 1.807) is 27.1 Å². The summed E-state index contributed by atoms with van der Waals surface area (Å²) in [6.07, 6.45) is 1.64. The van der Waals surface area contributed by atoms with Gasteiger partial charge in [0.1, 0.15) is 10.7 Å². The number of aromatic nitrogens is 2. The Morgan fingerprint density at radius 2 is 2.07 bits per heavy atom. The molecule has 1 aliphatic heterocycles. The van der Waals surface area contributed by atoms with Crippen LogP contribution in [0.4, 0.5) is 14.7 Å². The molecule has 1 saturated heterocycles. The molecule has 4 rings (SSSR count). The molecule has 0 aliphatic carbocycles. The van der Waals surface area contributed by atoms with Crippen LogP contribution in [0.1, 0.15) is 28.2 Å². The maximum absolute atomic E-state index is 13.5. The van der Waals surface area contributed by atoms with Gasteiger partial charge in [-0.3, -0.25) is 9.59 Å². The first-order valence-electron chi connectivity index (χ1n) is 9.63. The van der Waals surface area contributed by atoms with Crippen molar-refractivity contribution in [2.24, 2.45) is 5.92 Å². The second kappa shape index (κ2) is 8.27. The Morgan fingerprint density at radius 1 is 1.27 bits per heavy atom. The molecule has 10 heteroatoms. The number of aryl methyl sites for hydroxylation is 1. The maximum Gasteiger partial charge on any atom is 0.265 e. The molecule has 0 saturated carbocycles. The van der Waals surface area contributed by atoms with Gasteiger partial charge in [-0.25, -0.2) is 14.4 Å². The number of piperidine rings is 1. The van der Waals surface area contributed by atoms with Crippen LogP contribution in [0.5, 0.6) is 0 Å². The fraction of sp³-hybridized carbons (Fsp3) is 0.400. The van der Waals surface area contributed by atoms with Crippen LogP contribution in [0, 0.1) is 18.7 Å². The van der Waals surface area contributed by atoms with Crippen LogP contribution in [0.25, 0.3) is 10.2 Å². The molecule has 158 valence electrons. The van der Waals surface area contributed by atoms with Gasteiger partial charge in [0.25, 0.3) is 5.91 Å². The normalized spacial score (nSPS) is 16.7. The predicted octanol–water partition coefficient (Wildman–Crippen LogP) is 3.76. The quantitative estimate of drug-likeness (QED) is 0.659. The second-order valence-corrected chi connectivity index (χ2v) is 9.52. The third kappa shape index (κ3) is 4.15. The van der Waals surface area contributed by atoms with Gasteiger partial charge in [0, 0.05) is 27.2 Å². The van der Waals surface area contributed by atoms with Crippen molar-refractivity contribution in [2.45, 2.75) is 19.8 Å². The molecule has 1 atom stereocenters. The molecule has 1 N–H and O–H groups in total. The smallest absolute Gasteiger partial charge is 0.265 e. The number of nitrogens with zero attached hydrogens (tertiary/aromatic N) is 4. The van der Waals surface area contributed by atoms with Gasteiger partial charge in [0.05, 0.1) is 21.8 Å². The Kier molecular flexibility index (Phi) is 5.70. The SMILES string of the molecule is Cc1nc(NC(=O)C2CCCN(c3nc4ccc(F)cc4s3)C2)sc1C(=O)N(C)C. The van der Waals surface area contributed by atoms with E-state index in [1.165, 1.54) is 39.7 Å². The van der Waals surface area contributed by atoms with E-state index in [1.807, 2.05) is 0 Å². The Hall–Kier alpha value is -2.59. The minimum absolute atomic E-state index is 0.107. The molecule has 1 aliphatic rings. The van der Waals surface area contributed by atoms with Crippen molar-refractivity contribution >= 4 is 55.0 Å². The maximum atomic E-state index is 13.5. The number of thiazole rings is 2. The van der Waals surface area contributed by atoms with Crippen LogP contribution in [-0.2, 0) is 4.79 Å². The molecule has 7 nitrogen and oxygen atoms in total. The fourth-order valence-electron chi connectivity index (χ4n) is 3.45. The van der Waals surface area contributed by atoms with Gasteiger partial charge in [0.2, 0.25) is 5.91 Å². The molecule has 3 aromatic rings. The van der Waals surface area contributed by atoms with Crippen molar-refractivity contribution in [3.63, 3.8) is 0 Å². The van der Waals surface area contributed by atoms with E-state index in [4.69, 9.17) is 0 Å². The monoisotopic (exact) mass is 447 g/mol. The van der Waals surface area contributed by atoms with Crippen molar-refractivity contribution in [2.75, 3.05) is 37.4 Å². The van der Waals surface area contributed by atoms with Crippen molar-refractivity contribution < 1.29 is 14.0 Å². The average Bonchev–Trinajstić information content (AvgIpc) is 3.30. The largest absolute Gasteiger partial charge is 0.347 e. The first-order valence-corrected chi connectivity index (χ1v) is 11.3. The van der Waals surface area contributed by atoms with Crippen LogP contribution < -0.4 is 10.2 Å². The Morgan fingerprint density at radius 3 is 2.83 bits per heavy atom. The summed E-state index contributed by atoms with van der Waals surface area (Å²) in [6, 6.07) is 4.57. The number of nitrogens with one attached hydrogen (secondary N) is 1. The van der Waals surface area contributed by atoms with E-state index in [0.29, 0.717) is 22.2 Å². The second-order valence-electron chi connectivity index (χ2n) is 7.52. The molecule has 1 fully saturated rings. The van der Waals surface area contributed by atoms with Gasteiger partial charge in [0.15, 0.2) is 10.3 Å². The minimum atomic E-state index is -0.278. The van der Waals surface area contributed by atoms with Crippen molar-refractivity contribution in [1.82, 2.24) is 14.9 Å². The molecular weight excluding hydrogens is 425 g/mol. The zero-order valence-corrected chi connectivity index (χ0v) is 18.6. The molecule has 0 bridgehead atoms. The standard InChI is InChI=1S/C20H22FN5O2S2/c1-11-16(18(28)25(2)3)30-19(22-11)24-17(27)12-5-4-8-26(10-12)20-23-14-7-6-13(21)9-15(14)29-20/h6-7,9,12H,4-5,8,10H2,1-3H3,(H,22,24,27). The van der Waals surface area contributed by atoms with Gasteiger partial charge < -0.3 is 15.1 Å². The molecule has 1 unspecified atom stereocenters. The molecule has 3 heterocycles. The molecule has 30 heavy (non-hydrogen) atoms. The average molecular weight is 448 g/mol. The Bertz CT molecular complexity index is 1110. The highest BCUT2D eigenvalue weighted by molar-refractivity contribution is 7.22. The van der Waals surface area contributed by atoms with Crippen molar-refractivity contribution in [3.05, 3.63) is 34.6 Å². The Labute approximate surface area is 181 Å². The van der Waals surface area contributed by atoms with Gasteiger partial charge in [-0.1, -0.05) is 22.7 Å². The number of carbonyl (C=O) groups is 2. The van der Waals surface area contributed by atoms with Crippen molar-refractivity contribution in [1.29, 1.82) is 0 Å². The summed E-state index contributed by atoms with van der Waals surface area (Å²) in [6.45, 7) is 3.12. The van der Waals surface area contributed by atoms with E-state index in [0.717, 1.165) is 34.7 Å². The molecule has 2 amide bonds. The number of hydrogen-bond donors (Lipinski definition) is 1. The lowest BCUT2D eigenvalue weighted by Crippen LogP contribution is -2.40. The summed E-state index contributed by atoms with van der Waals surface area (Å²) < 4.78 is 14.3. The fourth-order valence-corrected chi connectivity index (χ4v) is 5.46. The summed E-state index contributed by atoms with van der Waals surface area (Å²) in [5.74, 6) is -0.717. The van der Waals surface area contributed by atoms with Crippen LogP contribution in [0.15, 0.2) is 18.2 Å². The summed E-state index contributed by atoms with van der Waals surface area (Å²) >= 11 is 2.63. The lowest BCUT2D eigenvalue weighted by Gasteiger charge is -2.31. The third-order valence-electron chi connectivity index (χ3n) is 5.03. The first kappa shape index (κ1) is 20.7. The number of halogens is 1. The van der Waals surface area contributed by atoms with E-state index in [9.17, 15) is 14.0 Å². The van der Waals surface area contributed by atoms with E-state index >= 15 is 0 Å². The lowest BCUT2D eigenvalue weighted by molar-refractivity contribution is -0.120. The molecule has 2 aromatic heterocycles. The van der Waals surface area contributed by atoms with Gasteiger partial charge >= 0.3 is 0 Å². The summed E-state index contributed by atoms with van der Waals surface area (Å²) in [5.41, 5.74) is 1.38. The highest BCUT2D eigenvalue weighted by atomic mass is 32.1. The number of fused-ring (bicyclic) bond motifs is 1. The van der Waals surface area contributed by atoms with E-state index < -0.39 is 0 Å². The topological polar surface area (TPSA) is 78.4 Å². The van der Waals surface area contributed by atoms with Crippen LogP contribution in [0.3, 0.4) is 0 Å². The Balaban J connectivity index is 1.46. The molecule has 0 spiro atoms. The molecule has 1 aromatic carbocycles. The molecular formula is C20H22FN5O2S2. The van der Waals surface area contributed by atoms with Crippen LogP contribution in [-0.4, -0.2) is 53.9 Å². The number of hydrogen-bond acceptors (Lipinski definition) is 7. The number of rotatable bonds is 4. The van der Waals surface area contributed by atoms with Crippen LogP contribution >= 0.6 is 22.7 Å². The summed E-state index contributed by atoms with van der Waals surface area (Å²) in [5, 5.41) is 4.12. The zero-order chi connectivity index (χ0) is 21.4. The van der Waals surface area contributed by atoms with Crippen molar-refractivity contribution in [3.8, 4) is 0 Å². The lowest BCUT2D eigenvalue weighted by atomic mass is 9.97. The van der Waals surface area contributed by atoms with E-state index in [2.05, 4.69) is 20.2 Å². The van der Waals surface area contributed by atoms with Gasteiger partial charge in [-0.05, 0) is 38.0 Å². The third-order valence-corrected chi connectivity index (χ3v) is 7.17. The van der Waals surface area contributed by atoms with E-state index in [-0.39, 0.29) is 23.5 Å². The number of carbonyl (C=O) groups excluding carboxylic acids is 2. The van der Waals surface area contributed by atoms with Crippen LogP contribution in [0.2, 0.25) is 0 Å². The predicted molar refractivity (Wildman–Crippen MR) is 118 cm³/mol. The van der Waals surface area contributed by atoms with Gasteiger partial charge in [-0.2, -0.15) is 0 Å². The van der Waals surface area contributed by atoms with Gasteiger partial charge in [-0.15, -0.1) is 0 Å². The zero-order valence-electron chi connectivity index (χ0n) is 16.9. The summed E-state index contributed by atoms with van der Waals surface area (Å²) in [7, 11) is 3.37. The highest BCUT2D eigenvalue weighted by Crippen LogP contribution is 2.32. The number of amides is 2. The summed E-state index contributed by atoms with van der Waals surface area (Å²) in [4.78, 5) is 38.1.